The number of carbonyl (C=O) groups is 1. The average Bonchev–Trinajstić information content (AvgIpc) is 3.15. The molecule has 0 radical (unpaired) electrons. The minimum Gasteiger partial charge on any atom is -0.478 e. The van der Waals surface area contributed by atoms with Crippen molar-refractivity contribution >= 4 is 17.0 Å². The van der Waals surface area contributed by atoms with Crippen LogP contribution < -0.4 is 0 Å². The second-order valence-electron chi connectivity index (χ2n) is 8.36. The lowest BCUT2D eigenvalue weighted by Crippen LogP contribution is -2.29. The molecule has 6 heteroatoms. The van der Waals surface area contributed by atoms with Gasteiger partial charge in [0.2, 0.25) is 0 Å². The molecular weight excluding hydrogens is 376 g/mol. The summed E-state index contributed by atoms with van der Waals surface area (Å²) in [6.45, 7) is 7.28. The van der Waals surface area contributed by atoms with Crippen molar-refractivity contribution in [2.45, 2.75) is 97.6 Å². The number of fused-ring (bicyclic) bond motifs is 1. The highest BCUT2D eigenvalue weighted by atomic mass is 16.4. The molecule has 0 saturated heterocycles. The van der Waals surface area contributed by atoms with Gasteiger partial charge in [-0.05, 0) is 38.1 Å². The highest BCUT2D eigenvalue weighted by Gasteiger charge is 2.15. The quantitative estimate of drug-likeness (QED) is 0.315. The summed E-state index contributed by atoms with van der Waals surface area (Å²) in [5.74, 6) is -0.955. The number of hydrogen-bond acceptors (Lipinski definition) is 4. The first-order valence-corrected chi connectivity index (χ1v) is 11.9. The third-order valence-corrected chi connectivity index (χ3v) is 5.77. The van der Waals surface area contributed by atoms with E-state index in [1.165, 1.54) is 77.0 Å². The van der Waals surface area contributed by atoms with E-state index in [1.807, 2.05) is 10.7 Å². The van der Waals surface area contributed by atoms with E-state index in [4.69, 9.17) is 0 Å². The zero-order valence-electron chi connectivity index (χ0n) is 19.0. The molecule has 2 aromatic rings. The maximum Gasteiger partial charge on any atom is 0.338 e. The van der Waals surface area contributed by atoms with E-state index in [0.717, 1.165) is 18.6 Å². The number of nitrogens with zero attached hydrogens (tertiary/aromatic N) is 4. The molecule has 0 aliphatic rings. The molecule has 0 aliphatic heterocycles. The molecule has 1 N–H and O–H groups in total. The van der Waals surface area contributed by atoms with E-state index in [-0.39, 0.29) is 5.56 Å². The summed E-state index contributed by atoms with van der Waals surface area (Å²) < 4.78 is 1.86. The van der Waals surface area contributed by atoms with Crippen molar-refractivity contribution in [3.05, 3.63) is 23.8 Å². The van der Waals surface area contributed by atoms with E-state index in [1.54, 1.807) is 12.1 Å². The predicted octanol–water partition coefficient (Wildman–Crippen LogP) is 6.11. The van der Waals surface area contributed by atoms with Crippen LogP contribution in [-0.4, -0.2) is 44.1 Å². The zero-order valence-corrected chi connectivity index (χ0v) is 19.0. The average molecular weight is 417 g/mol. The number of unbranched alkanes of at least 4 members (excludes halogenated alkanes) is 10. The van der Waals surface area contributed by atoms with E-state index in [9.17, 15) is 9.90 Å². The lowest BCUT2D eigenvalue weighted by Gasteiger charge is -2.22. The molecule has 6 nitrogen and oxygen atoms in total. The van der Waals surface area contributed by atoms with Crippen LogP contribution in [0.2, 0.25) is 0 Å². The third kappa shape index (κ3) is 8.05. The Morgan fingerprint density at radius 3 is 2.03 bits per heavy atom. The Balaban J connectivity index is 1.94. The highest BCUT2D eigenvalue weighted by molar-refractivity contribution is 6.00. The molecule has 0 saturated carbocycles. The first-order valence-electron chi connectivity index (χ1n) is 11.9. The lowest BCUT2D eigenvalue weighted by molar-refractivity contribution is 0.0699. The summed E-state index contributed by atoms with van der Waals surface area (Å²) in [5.41, 5.74) is 1.49. The summed E-state index contributed by atoms with van der Waals surface area (Å²) >= 11 is 0. The minimum absolute atomic E-state index is 0.220. The monoisotopic (exact) mass is 416 g/mol. The molecular formula is C24H40N4O2. The molecule has 30 heavy (non-hydrogen) atoms. The van der Waals surface area contributed by atoms with E-state index in [0.29, 0.717) is 12.2 Å². The van der Waals surface area contributed by atoms with Gasteiger partial charge >= 0.3 is 5.97 Å². The Morgan fingerprint density at radius 2 is 1.47 bits per heavy atom. The fourth-order valence-corrected chi connectivity index (χ4v) is 3.94. The van der Waals surface area contributed by atoms with E-state index < -0.39 is 5.97 Å². The number of benzene rings is 1. The van der Waals surface area contributed by atoms with Gasteiger partial charge in [0.05, 0.1) is 17.7 Å². The van der Waals surface area contributed by atoms with Crippen molar-refractivity contribution in [1.82, 2.24) is 19.9 Å². The van der Waals surface area contributed by atoms with Crippen molar-refractivity contribution in [3.8, 4) is 0 Å². The molecule has 0 amide bonds. The molecule has 1 heterocycles. The third-order valence-electron chi connectivity index (χ3n) is 5.77. The summed E-state index contributed by atoms with van der Waals surface area (Å²) in [7, 11) is 0. The SMILES string of the molecule is CCCCCCCCN(CCCCCCCC)Cn1nnc2c(C(=O)O)cccc21. The van der Waals surface area contributed by atoms with Crippen LogP contribution in [-0.2, 0) is 6.67 Å². The zero-order chi connectivity index (χ0) is 21.6. The number of hydrogen-bond donors (Lipinski definition) is 1. The molecule has 0 aliphatic carbocycles. The molecule has 0 atom stereocenters. The van der Waals surface area contributed by atoms with Crippen LogP contribution in [0.15, 0.2) is 18.2 Å². The Labute approximate surface area is 181 Å². The van der Waals surface area contributed by atoms with Crippen molar-refractivity contribution in [2.75, 3.05) is 13.1 Å². The Morgan fingerprint density at radius 1 is 0.900 bits per heavy atom. The second kappa shape index (κ2) is 14.1. The summed E-state index contributed by atoms with van der Waals surface area (Å²) in [4.78, 5) is 13.9. The van der Waals surface area contributed by atoms with Gasteiger partial charge in [0, 0.05) is 0 Å². The van der Waals surface area contributed by atoms with E-state index >= 15 is 0 Å². The molecule has 2 rings (SSSR count). The van der Waals surface area contributed by atoms with Gasteiger partial charge in [-0.25, -0.2) is 9.48 Å². The van der Waals surface area contributed by atoms with E-state index in [2.05, 4.69) is 29.1 Å². The van der Waals surface area contributed by atoms with Gasteiger partial charge in [-0.15, -0.1) is 5.10 Å². The standard InChI is InChI=1S/C24H40N4O2/c1-3-5-7-9-11-13-18-27(19-14-12-10-8-6-4-2)20-28-22-17-15-16-21(24(29)30)23(22)25-26-28/h15-17H,3-14,18-20H2,1-2H3,(H,29,30). The van der Waals surface area contributed by atoms with Crippen LogP contribution in [0, 0.1) is 0 Å². The number of carboxylic acids is 1. The number of aromatic nitrogens is 3. The van der Waals surface area contributed by atoms with Crippen LogP contribution in [0.1, 0.15) is 101 Å². The smallest absolute Gasteiger partial charge is 0.338 e. The van der Waals surface area contributed by atoms with Crippen LogP contribution in [0.4, 0.5) is 0 Å². The number of rotatable bonds is 17. The molecule has 168 valence electrons. The summed E-state index contributed by atoms with van der Waals surface area (Å²) in [6, 6.07) is 5.28. The fourth-order valence-electron chi connectivity index (χ4n) is 3.94. The van der Waals surface area contributed by atoms with Crippen molar-refractivity contribution < 1.29 is 9.90 Å². The molecule has 0 bridgehead atoms. The van der Waals surface area contributed by atoms with Gasteiger partial charge in [0.15, 0.2) is 0 Å². The maximum absolute atomic E-state index is 11.5. The van der Waals surface area contributed by atoms with Crippen molar-refractivity contribution in [1.29, 1.82) is 0 Å². The topological polar surface area (TPSA) is 71.2 Å². The minimum atomic E-state index is -0.955. The first kappa shape index (κ1) is 24.3. The number of carboxylic acid groups (broad SMARTS) is 1. The van der Waals surface area contributed by atoms with Gasteiger partial charge in [-0.3, -0.25) is 4.90 Å². The molecule has 0 unspecified atom stereocenters. The van der Waals surface area contributed by atoms with Gasteiger partial charge in [-0.1, -0.05) is 89.3 Å². The fraction of sp³-hybridized carbons (Fsp3) is 0.708. The Hall–Kier alpha value is -1.95. The van der Waals surface area contributed by atoms with Gasteiger partial charge in [0.1, 0.15) is 5.52 Å². The van der Waals surface area contributed by atoms with Crippen LogP contribution in [0.3, 0.4) is 0 Å². The second-order valence-corrected chi connectivity index (χ2v) is 8.36. The molecule has 1 aromatic heterocycles. The Bertz CT molecular complexity index is 728. The van der Waals surface area contributed by atoms with Crippen LogP contribution in [0.5, 0.6) is 0 Å². The summed E-state index contributed by atoms with van der Waals surface area (Å²) in [5, 5.41) is 17.8. The first-order chi connectivity index (χ1) is 14.7. The number of aromatic carboxylic acids is 1. The predicted molar refractivity (Wildman–Crippen MR) is 123 cm³/mol. The van der Waals surface area contributed by atoms with Gasteiger partial charge < -0.3 is 5.11 Å². The molecule has 1 aromatic carbocycles. The maximum atomic E-state index is 11.5. The largest absolute Gasteiger partial charge is 0.478 e. The lowest BCUT2D eigenvalue weighted by atomic mass is 10.1. The van der Waals surface area contributed by atoms with Crippen LogP contribution in [0.25, 0.3) is 11.0 Å². The Kier molecular flexibility index (Phi) is 11.5. The van der Waals surface area contributed by atoms with Crippen LogP contribution >= 0.6 is 0 Å². The molecule has 0 spiro atoms. The van der Waals surface area contributed by atoms with Crippen molar-refractivity contribution in [3.63, 3.8) is 0 Å². The highest BCUT2D eigenvalue weighted by Crippen LogP contribution is 2.17. The van der Waals surface area contributed by atoms with Gasteiger partial charge in [0.25, 0.3) is 0 Å². The molecule has 0 fully saturated rings. The normalized spacial score (nSPS) is 11.6. The van der Waals surface area contributed by atoms with Crippen molar-refractivity contribution in [2.24, 2.45) is 0 Å². The summed E-state index contributed by atoms with van der Waals surface area (Å²) in [6.07, 6.45) is 15.5. The van der Waals surface area contributed by atoms with Gasteiger partial charge in [-0.2, -0.15) is 0 Å².